The number of anilines is 1. The number of aryl methyl sites for hydroxylation is 2. The summed E-state index contributed by atoms with van der Waals surface area (Å²) in [5, 5.41) is 13.2. The van der Waals surface area contributed by atoms with E-state index in [1.807, 2.05) is 29.3 Å². The molecule has 1 amide bonds. The Morgan fingerprint density at radius 1 is 1.21 bits per heavy atom. The Kier molecular flexibility index (Phi) is 5.53. The van der Waals surface area contributed by atoms with E-state index in [1.54, 1.807) is 19.1 Å². The summed E-state index contributed by atoms with van der Waals surface area (Å²) in [6.07, 6.45) is 2.33. The fourth-order valence-corrected chi connectivity index (χ4v) is 6.53. The number of nitrogens with zero attached hydrogens (tertiary/aromatic N) is 5. The molecule has 1 N–H and O–H groups in total. The molecule has 172 valence electrons. The largest absolute Gasteiger partial charge is 0.369 e. The first kappa shape index (κ1) is 21.8. The number of amides is 1. The Balaban J connectivity index is 1.49. The summed E-state index contributed by atoms with van der Waals surface area (Å²) in [5.74, 6) is 0.807. The molecule has 11 heteroatoms. The second-order valence-corrected chi connectivity index (χ2v) is 11.0. The van der Waals surface area contributed by atoms with Crippen molar-refractivity contribution in [3.63, 3.8) is 0 Å². The van der Waals surface area contributed by atoms with E-state index in [1.165, 1.54) is 15.9 Å². The van der Waals surface area contributed by atoms with Gasteiger partial charge in [0.05, 0.1) is 15.1 Å². The fraction of sp³-hybridized carbons (Fsp3) is 0.364. The topological polar surface area (TPSA) is 110 Å². The van der Waals surface area contributed by atoms with Gasteiger partial charge < -0.3 is 10.2 Å². The number of rotatable bonds is 7. The van der Waals surface area contributed by atoms with E-state index in [4.69, 9.17) is 0 Å². The van der Waals surface area contributed by atoms with Crippen LogP contribution < -0.4 is 5.32 Å². The third kappa shape index (κ3) is 3.84. The van der Waals surface area contributed by atoms with E-state index >= 15 is 0 Å². The maximum Gasteiger partial charge on any atom is 0.229 e. The summed E-state index contributed by atoms with van der Waals surface area (Å²) < 4.78 is 29.3. The molecule has 1 saturated heterocycles. The van der Waals surface area contributed by atoms with E-state index in [0.29, 0.717) is 30.9 Å². The molecule has 33 heavy (non-hydrogen) atoms. The zero-order chi connectivity index (χ0) is 23.2. The normalized spacial score (nSPS) is 14.6. The predicted molar refractivity (Wildman–Crippen MR) is 126 cm³/mol. The molecule has 1 aliphatic heterocycles. The monoisotopic (exact) mass is 484 g/mol. The van der Waals surface area contributed by atoms with Crippen LogP contribution in [0, 0.1) is 13.8 Å². The van der Waals surface area contributed by atoms with E-state index in [-0.39, 0.29) is 21.5 Å². The van der Waals surface area contributed by atoms with Crippen molar-refractivity contribution < 1.29 is 13.2 Å². The van der Waals surface area contributed by atoms with Gasteiger partial charge in [-0.3, -0.25) is 4.79 Å². The second-order valence-electron chi connectivity index (χ2n) is 8.26. The molecular formula is C22H24N6O3S2. The van der Waals surface area contributed by atoms with Gasteiger partial charge in [-0.25, -0.2) is 13.4 Å². The smallest absolute Gasteiger partial charge is 0.229 e. The number of carbonyl (C=O) groups is 1. The second kappa shape index (κ2) is 8.38. The van der Waals surface area contributed by atoms with Crippen molar-refractivity contribution in [2.24, 2.45) is 0 Å². The van der Waals surface area contributed by atoms with Gasteiger partial charge in [0.15, 0.2) is 5.65 Å². The highest BCUT2D eigenvalue weighted by Gasteiger charge is 2.29. The van der Waals surface area contributed by atoms with Crippen LogP contribution in [0.1, 0.15) is 30.4 Å². The summed E-state index contributed by atoms with van der Waals surface area (Å²) >= 11 is 1.50. The van der Waals surface area contributed by atoms with Crippen molar-refractivity contribution in [3.05, 3.63) is 40.8 Å². The van der Waals surface area contributed by atoms with E-state index in [9.17, 15) is 13.2 Å². The van der Waals surface area contributed by atoms with Gasteiger partial charge >= 0.3 is 0 Å². The number of hydrogen-bond acceptors (Lipinski definition) is 8. The molecule has 0 aliphatic carbocycles. The average Bonchev–Trinajstić information content (AvgIpc) is 3.52. The summed E-state index contributed by atoms with van der Waals surface area (Å²) in [6, 6.07) is 7.20. The Hall–Kier alpha value is -3.05. The lowest BCUT2D eigenvalue weighted by molar-refractivity contribution is -0.127. The van der Waals surface area contributed by atoms with Crippen LogP contribution in [-0.4, -0.2) is 58.7 Å². The number of hydrogen-bond donors (Lipinski definition) is 1. The molecule has 9 nitrogen and oxygen atoms in total. The number of aromatic nitrogens is 4. The first-order valence-corrected chi connectivity index (χ1v) is 13.2. The summed E-state index contributed by atoms with van der Waals surface area (Å²) in [5.41, 5.74) is 2.44. The molecule has 3 aromatic heterocycles. The summed E-state index contributed by atoms with van der Waals surface area (Å²) in [7, 11) is -3.91. The van der Waals surface area contributed by atoms with Crippen molar-refractivity contribution in [1.29, 1.82) is 0 Å². The molecule has 4 heterocycles. The maximum absolute atomic E-state index is 13.5. The molecule has 0 bridgehead atoms. The number of carbonyl (C=O) groups excluding carboxylic acids is 1. The van der Waals surface area contributed by atoms with Crippen molar-refractivity contribution in [3.8, 4) is 0 Å². The van der Waals surface area contributed by atoms with Gasteiger partial charge in [0, 0.05) is 26.1 Å². The highest BCUT2D eigenvalue weighted by atomic mass is 32.2. The lowest BCUT2D eigenvalue weighted by Gasteiger charge is -2.15. The molecular weight excluding hydrogens is 460 g/mol. The lowest BCUT2D eigenvalue weighted by atomic mass is 10.2. The van der Waals surface area contributed by atoms with Gasteiger partial charge in [-0.15, -0.1) is 16.4 Å². The van der Waals surface area contributed by atoms with E-state index in [0.717, 1.165) is 35.2 Å². The van der Waals surface area contributed by atoms with Crippen LogP contribution >= 0.6 is 11.3 Å². The van der Waals surface area contributed by atoms with Crippen LogP contribution in [0.25, 0.3) is 15.9 Å². The Morgan fingerprint density at radius 2 is 2.06 bits per heavy atom. The molecule has 0 unspecified atom stereocenters. The Labute approximate surface area is 195 Å². The van der Waals surface area contributed by atoms with Crippen LogP contribution in [-0.2, 0) is 14.6 Å². The minimum absolute atomic E-state index is 0.157. The summed E-state index contributed by atoms with van der Waals surface area (Å²) in [6.45, 7) is 5.75. The molecule has 1 aliphatic rings. The molecule has 0 saturated carbocycles. The highest BCUT2D eigenvalue weighted by molar-refractivity contribution is 7.91. The lowest BCUT2D eigenvalue weighted by Crippen LogP contribution is -2.27. The van der Waals surface area contributed by atoms with Gasteiger partial charge in [-0.05, 0) is 55.3 Å². The molecule has 0 radical (unpaired) electrons. The number of fused-ring (bicyclic) bond motifs is 3. The van der Waals surface area contributed by atoms with Crippen molar-refractivity contribution >= 4 is 48.8 Å². The summed E-state index contributed by atoms with van der Waals surface area (Å²) in [4.78, 5) is 18.5. The number of likely N-dealkylation sites (tertiary alicyclic amines) is 1. The Morgan fingerprint density at radius 3 is 2.85 bits per heavy atom. The minimum atomic E-state index is -3.91. The SMILES string of the molecule is Cc1ccc(C)c(S(=O)(=O)c2nnn3c2nc(NCCCN2CCCC2=O)c2sccc23)c1. The van der Waals surface area contributed by atoms with Crippen molar-refractivity contribution in [2.75, 3.05) is 25.0 Å². The molecule has 1 fully saturated rings. The van der Waals surface area contributed by atoms with Crippen LogP contribution in [0.15, 0.2) is 39.6 Å². The van der Waals surface area contributed by atoms with Crippen LogP contribution in [0.5, 0.6) is 0 Å². The van der Waals surface area contributed by atoms with Gasteiger partial charge in [0.1, 0.15) is 5.82 Å². The third-order valence-corrected chi connectivity index (χ3v) is 8.58. The van der Waals surface area contributed by atoms with E-state index < -0.39 is 9.84 Å². The number of benzene rings is 1. The van der Waals surface area contributed by atoms with Gasteiger partial charge in [-0.2, -0.15) is 4.52 Å². The van der Waals surface area contributed by atoms with Crippen molar-refractivity contribution in [1.82, 2.24) is 24.7 Å². The number of nitrogens with one attached hydrogen (secondary N) is 1. The van der Waals surface area contributed by atoms with Crippen LogP contribution in [0.3, 0.4) is 0 Å². The fourth-order valence-electron chi connectivity index (χ4n) is 4.14. The van der Waals surface area contributed by atoms with Gasteiger partial charge in [-0.1, -0.05) is 17.3 Å². The Bertz CT molecular complexity index is 1470. The number of sulfone groups is 1. The minimum Gasteiger partial charge on any atom is -0.369 e. The first-order chi connectivity index (χ1) is 15.9. The zero-order valence-electron chi connectivity index (χ0n) is 18.4. The highest BCUT2D eigenvalue weighted by Crippen LogP contribution is 2.32. The standard InChI is InChI=1S/C22H24N6O3S2/c1-14-6-7-15(2)17(13-14)33(30,31)22-21-24-20(19-16(8-12-32-19)28(21)26-25-22)23-9-4-11-27-10-3-5-18(27)29/h6-8,12-13H,3-5,9-11H2,1-2H3,(H,23,24). The van der Waals surface area contributed by atoms with Crippen LogP contribution in [0.4, 0.5) is 5.82 Å². The van der Waals surface area contributed by atoms with Gasteiger partial charge in [0.25, 0.3) is 0 Å². The van der Waals surface area contributed by atoms with Crippen molar-refractivity contribution in [2.45, 2.75) is 43.0 Å². The first-order valence-electron chi connectivity index (χ1n) is 10.8. The molecule has 0 spiro atoms. The maximum atomic E-state index is 13.5. The zero-order valence-corrected chi connectivity index (χ0v) is 20.0. The van der Waals surface area contributed by atoms with E-state index in [2.05, 4.69) is 20.6 Å². The average molecular weight is 485 g/mol. The number of thiophene rings is 1. The molecule has 4 aromatic rings. The third-order valence-electron chi connectivity index (χ3n) is 5.88. The van der Waals surface area contributed by atoms with Gasteiger partial charge in [0.2, 0.25) is 20.8 Å². The van der Waals surface area contributed by atoms with Crippen LogP contribution in [0.2, 0.25) is 0 Å². The quantitative estimate of drug-likeness (QED) is 0.401. The molecule has 0 atom stereocenters. The molecule has 1 aromatic carbocycles. The molecule has 5 rings (SSSR count). The predicted octanol–water partition coefficient (Wildman–Crippen LogP) is 3.21.